The molecule has 8 heteroatoms. The fourth-order valence-electron chi connectivity index (χ4n) is 3.76. The van der Waals surface area contributed by atoms with Gasteiger partial charge in [-0.3, -0.25) is 0 Å². The van der Waals surface area contributed by atoms with Crippen molar-refractivity contribution in [2.75, 3.05) is 39.6 Å². The standard InChI is InChI=1S/C23H29ClN4O3/c1-28(2,3)15-18(13-22(29)30)25-23-26-20(24)14-21(27-23)31-12-6-10-17-8-4-7-16-9-5-11-19(16)17/h4-5,7-8,11,14,18H,6,9-10,12-13,15H2,1-3H3,(H-,25,26,27,29,30). The Morgan fingerprint density at radius 2 is 2.13 bits per heavy atom. The van der Waals surface area contributed by atoms with Crippen LogP contribution in [0.1, 0.15) is 29.5 Å². The van der Waals surface area contributed by atoms with Crippen molar-refractivity contribution >= 4 is 29.6 Å². The molecule has 7 nitrogen and oxygen atoms in total. The monoisotopic (exact) mass is 444 g/mol. The average Bonchev–Trinajstić information content (AvgIpc) is 3.12. The van der Waals surface area contributed by atoms with Crippen molar-refractivity contribution in [3.8, 4) is 5.88 Å². The van der Waals surface area contributed by atoms with Crippen molar-refractivity contribution < 1.29 is 19.1 Å². The number of quaternary nitrogens is 1. The highest BCUT2D eigenvalue weighted by Gasteiger charge is 2.20. The van der Waals surface area contributed by atoms with Gasteiger partial charge in [-0.15, -0.1) is 0 Å². The van der Waals surface area contributed by atoms with Crippen LogP contribution in [-0.2, 0) is 17.6 Å². The van der Waals surface area contributed by atoms with Gasteiger partial charge in [0, 0.05) is 18.5 Å². The molecule has 0 bridgehead atoms. The molecule has 1 atom stereocenters. The lowest BCUT2D eigenvalue weighted by Crippen LogP contribution is -2.46. The molecule has 0 aliphatic heterocycles. The van der Waals surface area contributed by atoms with Crippen molar-refractivity contribution in [3.63, 3.8) is 0 Å². The molecule has 1 N–H and O–H groups in total. The molecule has 166 valence electrons. The molecule has 3 rings (SSSR count). The molecule has 0 radical (unpaired) electrons. The topological polar surface area (TPSA) is 87.2 Å². The third-order valence-corrected chi connectivity index (χ3v) is 5.13. The van der Waals surface area contributed by atoms with Crippen LogP contribution in [0.3, 0.4) is 0 Å². The number of carboxylic acid groups (broad SMARTS) is 1. The first-order valence-electron chi connectivity index (χ1n) is 10.4. The van der Waals surface area contributed by atoms with E-state index in [0.717, 1.165) is 19.3 Å². The predicted octanol–water partition coefficient (Wildman–Crippen LogP) is 2.34. The first-order chi connectivity index (χ1) is 14.7. The molecule has 0 fully saturated rings. The van der Waals surface area contributed by atoms with E-state index in [1.54, 1.807) is 6.07 Å². The summed E-state index contributed by atoms with van der Waals surface area (Å²) in [5.74, 6) is -0.530. The number of hydrogen-bond acceptors (Lipinski definition) is 6. The summed E-state index contributed by atoms with van der Waals surface area (Å²) in [7, 11) is 5.94. The quantitative estimate of drug-likeness (QED) is 0.325. The number of rotatable bonds is 11. The third-order valence-electron chi connectivity index (χ3n) is 4.94. The Hall–Kier alpha value is -2.64. The third kappa shape index (κ3) is 7.22. The summed E-state index contributed by atoms with van der Waals surface area (Å²) in [6.45, 7) is 1.04. The number of hydrogen-bond donors (Lipinski definition) is 1. The summed E-state index contributed by atoms with van der Waals surface area (Å²) in [6, 6.07) is 7.58. The minimum atomic E-state index is -1.13. The Morgan fingerprint density at radius 1 is 1.32 bits per heavy atom. The van der Waals surface area contributed by atoms with Crippen LogP contribution < -0.4 is 15.2 Å². The average molecular weight is 445 g/mol. The fraction of sp³-hybridized carbons (Fsp3) is 0.435. The van der Waals surface area contributed by atoms with Gasteiger partial charge in [0.1, 0.15) is 5.15 Å². The van der Waals surface area contributed by atoms with Crippen molar-refractivity contribution in [2.45, 2.75) is 31.7 Å². The van der Waals surface area contributed by atoms with Gasteiger partial charge in [-0.25, -0.2) is 4.98 Å². The Balaban J connectivity index is 1.58. The number of aromatic nitrogens is 2. The number of fused-ring (bicyclic) bond motifs is 1. The minimum Gasteiger partial charge on any atom is -0.550 e. The van der Waals surface area contributed by atoms with Crippen LogP contribution in [-0.4, -0.2) is 60.8 Å². The number of carbonyl (C=O) groups excluding carboxylic acids is 1. The maximum Gasteiger partial charge on any atom is 0.227 e. The molecule has 0 saturated heterocycles. The number of nitrogens with zero attached hydrogens (tertiary/aromatic N) is 3. The summed E-state index contributed by atoms with van der Waals surface area (Å²) in [5, 5.41) is 14.4. The van der Waals surface area contributed by atoms with Gasteiger partial charge in [-0.05, 0) is 36.0 Å². The van der Waals surface area contributed by atoms with Crippen molar-refractivity contribution in [3.05, 3.63) is 52.2 Å². The van der Waals surface area contributed by atoms with E-state index < -0.39 is 12.0 Å². The number of allylic oxidation sites excluding steroid dienone is 1. The summed E-state index contributed by atoms with van der Waals surface area (Å²) < 4.78 is 6.38. The van der Waals surface area contributed by atoms with Crippen LogP contribution in [0, 0.1) is 0 Å². The van der Waals surface area contributed by atoms with E-state index in [-0.39, 0.29) is 17.5 Å². The minimum absolute atomic E-state index is 0.155. The fourth-order valence-corrected chi connectivity index (χ4v) is 3.93. The van der Waals surface area contributed by atoms with Crippen molar-refractivity contribution in [1.82, 2.24) is 9.97 Å². The van der Waals surface area contributed by atoms with E-state index >= 15 is 0 Å². The van der Waals surface area contributed by atoms with E-state index in [2.05, 4.69) is 45.6 Å². The predicted molar refractivity (Wildman–Crippen MR) is 120 cm³/mol. The molecule has 1 aliphatic rings. The molecule has 1 heterocycles. The SMILES string of the molecule is C[N+](C)(C)CC(CC(=O)[O-])Nc1nc(Cl)cc(OCCCc2cccc3c2C=CC3)n1. The Labute approximate surface area is 188 Å². The molecule has 31 heavy (non-hydrogen) atoms. The zero-order valence-corrected chi connectivity index (χ0v) is 19.0. The lowest BCUT2D eigenvalue weighted by molar-refractivity contribution is -0.870. The number of benzene rings is 1. The second-order valence-electron chi connectivity index (χ2n) is 8.79. The number of aliphatic carboxylic acids is 1. The van der Waals surface area contributed by atoms with Gasteiger partial charge in [0.05, 0.1) is 40.3 Å². The molecule has 1 unspecified atom stereocenters. The first-order valence-corrected chi connectivity index (χ1v) is 10.8. The number of carbonyl (C=O) groups is 1. The molecule has 1 aliphatic carbocycles. The normalized spacial score (nSPS) is 13.7. The molecule has 0 spiro atoms. The van der Waals surface area contributed by atoms with E-state index in [0.29, 0.717) is 23.5 Å². The molecule has 0 saturated carbocycles. The largest absolute Gasteiger partial charge is 0.550 e. The highest BCUT2D eigenvalue weighted by Crippen LogP contribution is 2.24. The van der Waals surface area contributed by atoms with Gasteiger partial charge in [-0.1, -0.05) is 42.0 Å². The summed E-state index contributed by atoms with van der Waals surface area (Å²) in [4.78, 5) is 19.6. The Kier molecular flexibility index (Phi) is 7.51. The van der Waals surface area contributed by atoms with Gasteiger partial charge >= 0.3 is 0 Å². The number of halogens is 1. The molecule has 0 amide bonds. The van der Waals surface area contributed by atoms with Crippen LogP contribution >= 0.6 is 11.6 Å². The zero-order valence-electron chi connectivity index (χ0n) is 18.2. The number of nitrogens with one attached hydrogen (secondary N) is 1. The second kappa shape index (κ2) is 10.1. The van der Waals surface area contributed by atoms with Crippen molar-refractivity contribution in [1.29, 1.82) is 0 Å². The highest BCUT2D eigenvalue weighted by molar-refractivity contribution is 6.29. The van der Waals surface area contributed by atoms with Crippen LogP contribution in [0.2, 0.25) is 5.15 Å². The van der Waals surface area contributed by atoms with Crippen LogP contribution in [0.15, 0.2) is 30.3 Å². The number of carboxylic acids is 1. The van der Waals surface area contributed by atoms with Crippen molar-refractivity contribution in [2.24, 2.45) is 0 Å². The number of ether oxygens (including phenoxy) is 1. The second-order valence-corrected chi connectivity index (χ2v) is 9.18. The molecule has 1 aromatic carbocycles. The maximum absolute atomic E-state index is 11.1. The first kappa shape index (κ1) is 23.0. The number of aryl methyl sites for hydroxylation is 1. The van der Waals surface area contributed by atoms with Crippen LogP contribution in [0.5, 0.6) is 5.88 Å². The van der Waals surface area contributed by atoms with Crippen LogP contribution in [0.4, 0.5) is 5.95 Å². The summed E-state index contributed by atoms with van der Waals surface area (Å²) >= 11 is 6.13. The molecular formula is C23H29ClN4O3. The van der Waals surface area contributed by atoms with Gasteiger partial charge in [-0.2, -0.15) is 4.98 Å². The Morgan fingerprint density at radius 3 is 2.87 bits per heavy atom. The highest BCUT2D eigenvalue weighted by atomic mass is 35.5. The summed E-state index contributed by atoms with van der Waals surface area (Å²) in [6.07, 6.45) is 6.97. The smallest absolute Gasteiger partial charge is 0.227 e. The maximum atomic E-state index is 11.1. The van der Waals surface area contributed by atoms with Gasteiger partial charge in [0.2, 0.25) is 11.8 Å². The molecular weight excluding hydrogens is 416 g/mol. The van der Waals surface area contributed by atoms with Gasteiger partial charge in [0.25, 0.3) is 0 Å². The Bertz CT molecular complexity index is 956. The molecule has 1 aromatic heterocycles. The van der Waals surface area contributed by atoms with E-state index in [1.807, 2.05) is 21.1 Å². The van der Waals surface area contributed by atoms with Crippen LogP contribution in [0.25, 0.3) is 6.08 Å². The van der Waals surface area contributed by atoms with E-state index in [9.17, 15) is 9.90 Å². The number of anilines is 1. The van der Waals surface area contributed by atoms with E-state index in [1.165, 1.54) is 16.7 Å². The molecule has 2 aromatic rings. The number of likely N-dealkylation sites (N-methyl/N-ethyl adjacent to an activating group) is 1. The van der Waals surface area contributed by atoms with Gasteiger partial charge < -0.3 is 24.4 Å². The zero-order chi connectivity index (χ0) is 22.4. The lowest BCUT2D eigenvalue weighted by atomic mass is 10.00. The summed E-state index contributed by atoms with van der Waals surface area (Å²) in [5.41, 5.74) is 4.02. The lowest BCUT2D eigenvalue weighted by Gasteiger charge is -2.30. The van der Waals surface area contributed by atoms with Gasteiger partial charge in [0.15, 0.2) is 0 Å². The van der Waals surface area contributed by atoms with E-state index in [4.69, 9.17) is 16.3 Å².